The molecule has 0 saturated carbocycles. The molecule has 0 fully saturated rings. The van der Waals surface area contributed by atoms with Gasteiger partial charge < -0.3 is 34.9 Å². The van der Waals surface area contributed by atoms with Crippen LogP contribution in [0.2, 0.25) is 0 Å². The van der Waals surface area contributed by atoms with Crippen LogP contribution in [-0.2, 0) is 6.54 Å². The molecule has 0 saturated heterocycles. The maximum atomic E-state index is 6.04. The van der Waals surface area contributed by atoms with Crippen molar-refractivity contribution in [3.63, 3.8) is 0 Å². The molecule has 2 rings (SSSR count). The minimum absolute atomic E-state index is 0.297. The lowest BCUT2D eigenvalue weighted by Crippen LogP contribution is -2.27. The number of ether oxygens (including phenoxy) is 4. The lowest BCUT2D eigenvalue weighted by atomic mass is 10.2. The molecule has 170 valence electrons. The van der Waals surface area contributed by atoms with E-state index in [0.717, 1.165) is 36.6 Å². The SMILES string of the molecule is CCN(CC)CCOc1ccc(CN=C(N)Nc2ccc(OC)c(OC)c2)cc1OC. The first-order chi connectivity index (χ1) is 15.0. The number of nitrogens with zero attached hydrogens (tertiary/aromatic N) is 2. The van der Waals surface area contributed by atoms with Gasteiger partial charge in [0.25, 0.3) is 0 Å². The highest BCUT2D eigenvalue weighted by molar-refractivity contribution is 5.92. The van der Waals surface area contributed by atoms with Crippen molar-refractivity contribution < 1.29 is 18.9 Å². The number of anilines is 1. The number of rotatable bonds is 12. The van der Waals surface area contributed by atoms with E-state index in [0.29, 0.717) is 36.4 Å². The average molecular weight is 431 g/mol. The van der Waals surface area contributed by atoms with Crippen LogP contribution in [0.1, 0.15) is 19.4 Å². The van der Waals surface area contributed by atoms with Gasteiger partial charge in [0.1, 0.15) is 6.61 Å². The molecule has 8 heteroatoms. The summed E-state index contributed by atoms with van der Waals surface area (Å²) in [6.45, 7) is 8.19. The van der Waals surface area contributed by atoms with Gasteiger partial charge in [-0.2, -0.15) is 0 Å². The van der Waals surface area contributed by atoms with Gasteiger partial charge in [0.15, 0.2) is 29.0 Å². The van der Waals surface area contributed by atoms with Crippen molar-refractivity contribution in [1.29, 1.82) is 0 Å². The van der Waals surface area contributed by atoms with Crippen molar-refractivity contribution >= 4 is 11.6 Å². The second-order valence-corrected chi connectivity index (χ2v) is 6.76. The lowest BCUT2D eigenvalue weighted by Gasteiger charge is -2.19. The summed E-state index contributed by atoms with van der Waals surface area (Å²) in [5, 5.41) is 3.06. The van der Waals surface area contributed by atoms with Crippen LogP contribution in [0.3, 0.4) is 0 Å². The number of nitrogens with two attached hydrogens (primary N) is 1. The molecule has 0 amide bonds. The molecule has 0 aromatic heterocycles. The summed E-state index contributed by atoms with van der Waals surface area (Å²) in [6, 6.07) is 11.2. The number of hydrogen-bond acceptors (Lipinski definition) is 6. The Balaban J connectivity index is 1.98. The Labute approximate surface area is 185 Å². The van der Waals surface area contributed by atoms with Crippen LogP contribution in [0.5, 0.6) is 23.0 Å². The molecule has 31 heavy (non-hydrogen) atoms. The van der Waals surface area contributed by atoms with E-state index in [2.05, 4.69) is 29.1 Å². The molecule has 3 N–H and O–H groups in total. The monoisotopic (exact) mass is 430 g/mol. The zero-order valence-corrected chi connectivity index (χ0v) is 19.1. The fourth-order valence-corrected chi connectivity index (χ4v) is 3.03. The second kappa shape index (κ2) is 12.5. The Morgan fingerprint density at radius 1 is 0.903 bits per heavy atom. The smallest absolute Gasteiger partial charge is 0.193 e. The van der Waals surface area contributed by atoms with Crippen LogP contribution < -0.4 is 30.0 Å². The summed E-state index contributed by atoms with van der Waals surface area (Å²) in [6.07, 6.45) is 0. The van der Waals surface area contributed by atoms with Crippen LogP contribution in [-0.4, -0.2) is 58.4 Å². The summed E-state index contributed by atoms with van der Waals surface area (Å²) in [4.78, 5) is 6.72. The van der Waals surface area contributed by atoms with Gasteiger partial charge in [0.05, 0.1) is 27.9 Å². The highest BCUT2D eigenvalue weighted by Crippen LogP contribution is 2.30. The van der Waals surface area contributed by atoms with Gasteiger partial charge in [-0.3, -0.25) is 0 Å². The maximum absolute atomic E-state index is 6.04. The number of methoxy groups -OCH3 is 3. The third-order valence-electron chi connectivity index (χ3n) is 4.88. The largest absolute Gasteiger partial charge is 0.493 e. The zero-order valence-electron chi connectivity index (χ0n) is 19.1. The molecule has 0 spiro atoms. The Hall–Kier alpha value is -3.13. The summed E-state index contributed by atoms with van der Waals surface area (Å²) < 4.78 is 21.9. The van der Waals surface area contributed by atoms with Crippen LogP contribution in [0.25, 0.3) is 0 Å². The molecule has 0 aliphatic carbocycles. The normalized spacial score (nSPS) is 11.4. The fraction of sp³-hybridized carbons (Fsp3) is 0.435. The minimum atomic E-state index is 0.297. The fourth-order valence-electron chi connectivity index (χ4n) is 3.03. The number of hydrogen-bond donors (Lipinski definition) is 2. The first-order valence-corrected chi connectivity index (χ1v) is 10.4. The average Bonchev–Trinajstić information content (AvgIpc) is 2.80. The quantitative estimate of drug-likeness (QED) is 0.394. The van der Waals surface area contributed by atoms with E-state index in [1.807, 2.05) is 24.3 Å². The topological polar surface area (TPSA) is 90.6 Å². The van der Waals surface area contributed by atoms with Crippen LogP contribution >= 0.6 is 0 Å². The Morgan fingerprint density at radius 2 is 1.55 bits per heavy atom. The number of guanidine groups is 1. The Bertz CT molecular complexity index is 853. The molecule has 0 heterocycles. The first-order valence-electron chi connectivity index (χ1n) is 10.4. The van der Waals surface area contributed by atoms with Gasteiger partial charge in [-0.15, -0.1) is 0 Å². The minimum Gasteiger partial charge on any atom is -0.493 e. The van der Waals surface area contributed by atoms with Crippen molar-refractivity contribution in [1.82, 2.24) is 4.90 Å². The molecule has 0 bridgehead atoms. The molecule has 8 nitrogen and oxygen atoms in total. The van der Waals surface area contributed by atoms with Gasteiger partial charge in [-0.05, 0) is 42.9 Å². The van der Waals surface area contributed by atoms with Crippen molar-refractivity contribution in [3.05, 3.63) is 42.0 Å². The van der Waals surface area contributed by atoms with Crippen molar-refractivity contribution in [2.75, 3.05) is 52.9 Å². The number of benzene rings is 2. The number of aliphatic imine (C=N–C) groups is 1. The lowest BCUT2D eigenvalue weighted by molar-refractivity contribution is 0.217. The van der Waals surface area contributed by atoms with Gasteiger partial charge in [0, 0.05) is 18.3 Å². The molecule has 2 aromatic carbocycles. The number of likely N-dealkylation sites (N-methyl/N-ethyl adjacent to an activating group) is 1. The maximum Gasteiger partial charge on any atom is 0.193 e. The van der Waals surface area contributed by atoms with Gasteiger partial charge in [-0.25, -0.2) is 4.99 Å². The van der Waals surface area contributed by atoms with Crippen LogP contribution in [0, 0.1) is 0 Å². The zero-order chi connectivity index (χ0) is 22.6. The highest BCUT2D eigenvalue weighted by atomic mass is 16.5. The predicted octanol–water partition coefficient (Wildman–Crippen LogP) is 3.36. The van der Waals surface area contributed by atoms with Crippen molar-refractivity contribution in [2.24, 2.45) is 10.7 Å². The summed E-state index contributed by atoms with van der Waals surface area (Å²) in [5.74, 6) is 2.96. The van der Waals surface area contributed by atoms with E-state index in [1.165, 1.54) is 0 Å². The number of nitrogens with one attached hydrogen (secondary N) is 1. The molecule has 0 unspecified atom stereocenters. The third-order valence-corrected chi connectivity index (χ3v) is 4.88. The van der Waals surface area contributed by atoms with Crippen LogP contribution in [0.4, 0.5) is 5.69 Å². The first kappa shape index (κ1) is 24.1. The summed E-state index contributed by atoms with van der Waals surface area (Å²) in [5.41, 5.74) is 7.76. The summed E-state index contributed by atoms with van der Waals surface area (Å²) >= 11 is 0. The molecule has 2 aromatic rings. The van der Waals surface area contributed by atoms with E-state index in [-0.39, 0.29) is 0 Å². The van der Waals surface area contributed by atoms with Gasteiger partial charge in [0.2, 0.25) is 0 Å². The molecule has 0 radical (unpaired) electrons. The highest BCUT2D eigenvalue weighted by Gasteiger charge is 2.08. The van der Waals surface area contributed by atoms with Crippen LogP contribution in [0.15, 0.2) is 41.4 Å². The van der Waals surface area contributed by atoms with Gasteiger partial charge >= 0.3 is 0 Å². The van der Waals surface area contributed by atoms with Crippen molar-refractivity contribution in [2.45, 2.75) is 20.4 Å². The Kier molecular flexibility index (Phi) is 9.77. The summed E-state index contributed by atoms with van der Waals surface area (Å²) in [7, 11) is 4.81. The third kappa shape index (κ3) is 7.25. The predicted molar refractivity (Wildman–Crippen MR) is 125 cm³/mol. The molecular weight excluding hydrogens is 396 g/mol. The van der Waals surface area contributed by atoms with E-state index in [9.17, 15) is 0 Å². The van der Waals surface area contributed by atoms with Gasteiger partial charge in [-0.1, -0.05) is 19.9 Å². The van der Waals surface area contributed by atoms with Crippen molar-refractivity contribution in [3.8, 4) is 23.0 Å². The molecular formula is C23H34N4O4. The van der Waals surface area contributed by atoms with E-state index < -0.39 is 0 Å². The van der Waals surface area contributed by atoms with E-state index in [4.69, 9.17) is 24.7 Å². The Morgan fingerprint density at radius 3 is 2.19 bits per heavy atom. The second-order valence-electron chi connectivity index (χ2n) is 6.76. The van der Waals surface area contributed by atoms with E-state index >= 15 is 0 Å². The standard InChI is InChI=1S/C23H34N4O4/c1-6-27(7-2)12-13-31-20-10-8-17(14-21(20)29-4)16-25-23(24)26-18-9-11-19(28-3)22(15-18)30-5/h8-11,14-15H,6-7,12-13,16H2,1-5H3,(H3,24,25,26). The molecule has 0 atom stereocenters. The molecule has 0 aliphatic rings. The molecule has 0 aliphatic heterocycles. The van der Waals surface area contributed by atoms with E-state index in [1.54, 1.807) is 33.5 Å².